The summed E-state index contributed by atoms with van der Waals surface area (Å²) >= 11 is 0. The van der Waals surface area contributed by atoms with Crippen molar-refractivity contribution in [2.45, 2.75) is 45.1 Å². The lowest BCUT2D eigenvalue weighted by Crippen LogP contribution is -2.22. The minimum atomic E-state index is -0.221. The van der Waals surface area contributed by atoms with Crippen molar-refractivity contribution in [3.05, 3.63) is 23.0 Å². The van der Waals surface area contributed by atoms with Gasteiger partial charge in [0.1, 0.15) is 0 Å². The predicted molar refractivity (Wildman–Crippen MR) is 52.9 cm³/mol. The van der Waals surface area contributed by atoms with Gasteiger partial charge in [0, 0.05) is 16.8 Å². The van der Waals surface area contributed by atoms with Gasteiger partial charge in [0.25, 0.3) is 0 Å². The average Bonchev–Trinajstić information content (AvgIpc) is 2.75. The van der Waals surface area contributed by atoms with Gasteiger partial charge in [-0.25, -0.2) is 0 Å². The Morgan fingerprint density at radius 2 is 2.08 bits per heavy atom. The van der Waals surface area contributed by atoms with E-state index in [1.165, 1.54) is 17.0 Å². The van der Waals surface area contributed by atoms with Crippen LogP contribution in [0.3, 0.4) is 0 Å². The number of hydrogen-bond acceptors (Lipinski definition) is 1. The smallest absolute Gasteiger partial charge is 0.0609 e. The predicted octanol–water partition coefficient (Wildman–Crippen LogP) is 2.04. The molecule has 0 spiro atoms. The third-order valence-corrected chi connectivity index (χ3v) is 3.27. The molecule has 0 radical (unpaired) electrons. The number of rotatable bonds is 2. The SMILES string of the molecule is Cc1cc(C2(C(C)O)CC2)c(C)[nH]1. The molecule has 13 heavy (non-hydrogen) atoms. The van der Waals surface area contributed by atoms with Gasteiger partial charge in [0.2, 0.25) is 0 Å². The first-order valence-corrected chi connectivity index (χ1v) is 4.91. The van der Waals surface area contributed by atoms with Crippen LogP contribution in [0.1, 0.15) is 36.7 Å². The van der Waals surface area contributed by atoms with Gasteiger partial charge in [-0.1, -0.05) is 0 Å². The summed E-state index contributed by atoms with van der Waals surface area (Å²) in [6, 6.07) is 2.18. The number of aromatic nitrogens is 1. The van der Waals surface area contributed by atoms with Crippen LogP contribution in [0.2, 0.25) is 0 Å². The van der Waals surface area contributed by atoms with Crippen LogP contribution in [0.5, 0.6) is 0 Å². The Balaban J connectivity index is 2.40. The molecule has 0 amide bonds. The van der Waals surface area contributed by atoms with E-state index in [1.807, 2.05) is 6.92 Å². The molecule has 1 aliphatic rings. The molecule has 1 aliphatic carbocycles. The van der Waals surface area contributed by atoms with E-state index in [4.69, 9.17) is 0 Å². The van der Waals surface area contributed by atoms with Crippen LogP contribution in [0.15, 0.2) is 6.07 Å². The summed E-state index contributed by atoms with van der Waals surface area (Å²) in [6.45, 7) is 6.05. The number of hydrogen-bond donors (Lipinski definition) is 2. The Kier molecular flexibility index (Phi) is 1.77. The number of aliphatic hydroxyl groups excluding tert-OH is 1. The lowest BCUT2D eigenvalue weighted by Gasteiger charge is -2.18. The number of nitrogens with one attached hydrogen (secondary N) is 1. The molecule has 0 aromatic carbocycles. The number of aryl methyl sites for hydroxylation is 2. The molecule has 2 N–H and O–H groups in total. The zero-order chi connectivity index (χ0) is 9.64. The highest BCUT2D eigenvalue weighted by Crippen LogP contribution is 2.52. The van der Waals surface area contributed by atoms with Crippen molar-refractivity contribution in [3.63, 3.8) is 0 Å². The zero-order valence-corrected chi connectivity index (χ0v) is 8.52. The molecule has 1 heterocycles. The van der Waals surface area contributed by atoms with Crippen molar-refractivity contribution < 1.29 is 5.11 Å². The van der Waals surface area contributed by atoms with Gasteiger partial charge in [-0.3, -0.25) is 0 Å². The lowest BCUT2D eigenvalue weighted by molar-refractivity contribution is 0.150. The van der Waals surface area contributed by atoms with Gasteiger partial charge in [-0.15, -0.1) is 0 Å². The van der Waals surface area contributed by atoms with Crippen LogP contribution < -0.4 is 0 Å². The standard InChI is InChI=1S/C11H17NO/c1-7-6-10(8(2)12-7)11(4-5-11)9(3)13/h6,9,12-13H,4-5H2,1-3H3. The lowest BCUT2D eigenvalue weighted by atomic mass is 9.91. The van der Waals surface area contributed by atoms with E-state index in [-0.39, 0.29) is 11.5 Å². The molecule has 1 saturated carbocycles. The highest BCUT2D eigenvalue weighted by molar-refractivity contribution is 5.38. The van der Waals surface area contributed by atoms with Crippen molar-refractivity contribution in [3.8, 4) is 0 Å². The first-order chi connectivity index (χ1) is 6.06. The number of aromatic amines is 1. The molecule has 0 saturated heterocycles. The van der Waals surface area contributed by atoms with Crippen molar-refractivity contribution in [2.75, 3.05) is 0 Å². The molecule has 1 aromatic rings. The second kappa shape index (κ2) is 2.61. The molecule has 0 aliphatic heterocycles. The van der Waals surface area contributed by atoms with Gasteiger partial charge in [0.15, 0.2) is 0 Å². The van der Waals surface area contributed by atoms with E-state index in [0.717, 1.165) is 12.8 Å². The summed E-state index contributed by atoms with van der Waals surface area (Å²) < 4.78 is 0. The van der Waals surface area contributed by atoms with Gasteiger partial charge < -0.3 is 10.1 Å². The third-order valence-electron chi connectivity index (χ3n) is 3.27. The topological polar surface area (TPSA) is 36.0 Å². The summed E-state index contributed by atoms with van der Waals surface area (Å²) in [7, 11) is 0. The molecular weight excluding hydrogens is 162 g/mol. The first kappa shape index (κ1) is 8.82. The van der Waals surface area contributed by atoms with Gasteiger partial charge in [0.05, 0.1) is 6.10 Å². The first-order valence-electron chi connectivity index (χ1n) is 4.91. The Bertz CT molecular complexity index is 321. The normalized spacial score (nSPS) is 21.5. The van der Waals surface area contributed by atoms with E-state index in [2.05, 4.69) is 24.9 Å². The third kappa shape index (κ3) is 1.20. The largest absolute Gasteiger partial charge is 0.392 e. The van der Waals surface area contributed by atoms with Crippen molar-refractivity contribution >= 4 is 0 Å². The highest BCUT2D eigenvalue weighted by Gasteiger charge is 2.49. The minimum absolute atomic E-state index is 0.0782. The Hall–Kier alpha value is -0.760. The summed E-state index contributed by atoms with van der Waals surface area (Å²) in [6.07, 6.45) is 2.03. The molecule has 72 valence electrons. The van der Waals surface area contributed by atoms with Crippen LogP contribution in [0.25, 0.3) is 0 Å². The molecule has 1 aromatic heterocycles. The Morgan fingerprint density at radius 1 is 1.46 bits per heavy atom. The number of aliphatic hydroxyl groups is 1. The molecule has 2 rings (SSSR count). The van der Waals surface area contributed by atoms with Crippen molar-refractivity contribution in [2.24, 2.45) is 0 Å². The second-order valence-electron chi connectivity index (χ2n) is 4.32. The molecule has 2 nitrogen and oxygen atoms in total. The summed E-state index contributed by atoms with van der Waals surface area (Å²) in [5.74, 6) is 0. The van der Waals surface area contributed by atoms with E-state index in [1.54, 1.807) is 0 Å². The summed E-state index contributed by atoms with van der Waals surface area (Å²) in [4.78, 5) is 3.30. The molecule has 0 bridgehead atoms. The Labute approximate surface area is 79.0 Å². The molecule has 2 heteroatoms. The van der Waals surface area contributed by atoms with Crippen molar-refractivity contribution in [1.82, 2.24) is 4.98 Å². The minimum Gasteiger partial charge on any atom is -0.392 e. The fourth-order valence-corrected chi connectivity index (χ4v) is 2.29. The summed E-state index contributed by atoms with van der Waals surface area (Å²) in [5, 5.41) is 9.72. The molecule has 1 unspecified atom stereocenters. The average molecular weight is 179 g/mol. The van der Waals surface area contributed by atoms with Gasteiger partial charge >= 0.3 is 0 Å². The van der Waals surface area contributed by atoms with E-state index < -0.39 is 0 Å². The van der Waals surface area contributed by atoms with Crippen LogP contribution in [-0.2, 0) is 5.41 Å². The van der Waals surface area contributed by atoms with Gasteiger partial charge in [-0.2, -0.15) is 0 Å². The highest BCUT2D eigenvalue weighted by atomic mass is 16.3. The number of H-pyrrole nitrogens is 1. The van der Waals surface area contributed by atoms with E-state index >= 15 is 0 Å². The van der Waals surface area contributed by atoms with Crippen LogP contribution in [-0.4, -0.2) is 16.2 Å². The second-order valence-corrected chi connectivity index (χ2v) is 4.32. The molecule has 1 atom stereocenters. The van der Waals surface area contributed by atoms with E-state index in [9.17, 15) is 5.11 Å². The van der Waals surface area contributed by atoms with E-state index in [0.29, 0.717) is 0 Å². The van der Waals surface area contributed by atoms with Gasteiger partial charge in [-0.05, 0) is 45.2 Å². The maximum atomic E-state index is 9.72. The zero-order valence-electron chi connectivity index (χ0n) is 8.52. The fourth-order valence-electron chi connectivity index (χ4n) is 2.29. The van der Waals surface area contributed by atoms with Crippen LogP contribution in [0, 0.1) is 13.8 Å². The quantitative estimate of drug-likeness (QED) is 0.716. The maximum Gasteiger partial charge on any atom is 0.0609 e. The van der Waals surface area contributed by atoms with Crippen molar-refractivity contribution in [1.29, 1.82) is 0 Å². The fraction of sp³-hybridized carbons (Fsp3) is 0.636. The maximum absolute atomic E-state index is 9.72. The molecule has 1 fully saturated rings. The monoisotopic (exact) mass is 179 g/mol. The molecular formula is C11H17NO. The Morgan fingerprint density at radius 3 is 2.38 bits per heavy atom. The summed E-state index contributed by atoms with van der Waals surface area (Å²) in [5.41, 5.74) is 3.81. The van der Waals surface area contributed by atoms with Crippen LogP contribution >= 0.6 is 0 Å². The van der Waals surface area contributed by atoms with Crippen LogP contribution in [0.4, 0.5) is 0 Å².